The van der Waals surface area contributed by atoms with E-state index < -0.39 is 0 Å². The normalized spacial score (nSPS) is 26.1. The van der Waals surface area contributed by atoms with E-state index in [1.165, 1.54) is 12.8 Å². The lowest BCUT2D eigenvalue weighted by atomic mass is 9.94. The van der Waals surface area contributed by atoms with Gasteiger partial charge in [-0.2, -0.15) is 5.10 Å². The number of fused-ring (bicyclic) bond motifs is 1. The fraction of sp³-hybridized carbons (Fsp3) is 0.625. The second-order valence-electron chi connectivity index (χ2n) is 7.11. The predicted molar refractivity (Wildman–Crippen MR) is 84.4 cm³/mol. The number of aryl methyl sites for hydroxylation is 1. The van der Waals surface area contributed by atoms with Crippen LogP contribution >= 0.6 is 0 Å². The number of imidazole rings is 1. The molecule has 0 aromatic carbocycles. The highest BCUT2D eigenvalue weighted by Gasteiger charge is 2.47. The van der Waals surface area contributed by atoms with Crippen molar-refractivity contribution in [2.24, 2.45) is 11.8 Å². The van der Waals surface area contributed by atoms with Gasteiger partial charge in [0.2, 0.25) is 0 Å². The minimum Gasteiger partial charge on any atom is -0.327 e. The Hall–Kier alpha value is -2.38. The van der Waals surface area contributed by atoms with Crippen molar-refractivity contribution in [3.63, 3.8) is 0 Å². The molecule has 0 spiro atoms. The summed E-state index contributed by atoms with van der Waals surface area (Å²) in [6.45, 7) is 1.57. The molecule has 1 saturated carbocycles. The SMILES string of the molecule is O=C(c1cnc2n1CCC2)N1CCC(C2CC2)C1c1n[nH]c(=O)[nH]1. The molecule has 2 fully saturated rings. The van der Waals surface area contributed by atoms with Crippen LogP contribution in [0.1, 0.15) is 53.9 Å². The minimum absolute atomic E-state index is 0.00708. The Morgan fingerprint density at radius 2 is 2.12 bits per heavy atom. The average Bonchev–Trinajstić information content (AvgIpc) is 2.99. The summed E-state index contributed by atoms with van der Waals surface area (Å²) in [5, 5.41) is 6.58. The van der Waals surface area contributed by atoms with Crippen molar-refractivity contribution < 1.29 is 4.79 Å². The van der Waals surface area contributed by atoms with Gasteiger partial charge < -0.3 is 9.47 Å². The van der Waals surface area contributed by atoms with Gasteiger partial charge in [0, 0.05) is 19.5 Å². The van der Waals surface area contributed by atoms with Crippen molar-refractivity contribution in [1.82, 2.24) is 29.6 Å². The molecule has 1 saturated heterocycles. The van der Waals surface area contributed by atoms with E-state index in [1.807, 2.05) is 9.47 Å². The van der Waals surface area contributed by atoms with Gasteiger partial charge in [0.05, 0.1) is 12.2 Å². The van der Waals surface area contributed by atoms with E-state index in [9.17, 15) is 9.59 Å². The second-order valence-corrected chi connectivity index (χ2v) is 7.11. The predicted octanol–water partition coefficient (Wildman–Crippen LogP) is 0.854. The van der Waals surface area contributed by atoms with Gasteiger partial charge in [-0.15, -0.1) is 0 Å². The number of nitrogens with one attached hydrogen (secondary N) is 2. The third kappa shape index (κ3) is 2.05. The van der Waals surface area contributed by atoms with Crippen molar-refractivity contribution in [1.29, 1.82) is 0 Å². The number of amides is 1. The van der Waals surface area contributed by atoms with E-state index in [0.717, 1.165) is 31.6 Å². The molecule has 2 atom stereocenters. The summed E-state index contributed by atoms with van der Waals surface area (Å²) < 4.78 is 2.04. The van der Waals surface area contributed by atoms with E-state index in [0.29, 0.717) is 29.9 Å². The van der Waals surface area contributed by atoms with E-state index in [2.05, 4.69) is 20.2 Å². The Balaban J connectivity index is 1.51. The molecule has 2 N–H and O–H groups in total. The molecule has 2 aromatic heterocycles. The van der Waals surface area contributed by atoms with E-state index in [-0.39, 0.29) is 17.6 Å². The Morgan fingerprint density at radius 1 is 1.25 bits per heavy atom. The van der Waals surface area contributed by atoms with Gasteiger partial charge in [-0.25, -0.2) is 14.9 Å². The number of aromatic amines is 2. The molecule has 8 nitrogen and oxygen atoms in total. The van der Waals surface area contributed by atoms with Crippen LogP contribution in [0.25, 0.3) is 0 Å². The summed E-state index contributed by atoms with van der Waals surface area (Å²) in [5.41, 5.74) is 0.353. The molecule has 3 aliphatic rings. The van der Waals surface area contributed by atoms with Crippen LogP contribution < -0.4 is 5.69 Å². The zero-order chi connectivity index (χ0) is 16.3. The maximum atomic E-state index is 13.2. The lowest BCUT2D eigenvalue weighted by Crippen LogP contribution is -2.34. The van der Waals surface area contributed by atoms with E-state index in [4.69, 9.17) is 0 Å². The molecule has 1 aliphatic carbocycles. The van der Waals surface area contributed by atoms with Gasteiger partial charge in [0.1, 0.15) is 11.5 Å². The minimum atomic E-state index is -0.316. The summed E-state index contributed by atoms with van der Waals surface area (Å²) in [5.74, 6) is 2.62. The number of H-pyrrole nitrogens is 2. The zero-order valence-corrected chi connectivity index (χ0v) is 13.4. The van der Waals surface area contributed by atoms with Crippen molar-refractivity contribution in [3.05, 3.63) is 34.0 Å². The monoisotopic (exact) mass is 328 g/mol. The van der Waals surface area contributed by atoms with Crippen LogP contribution in [0.2, 0.25) is 0 Å². The van der Waals surface area contributed by atoms with E-state index in [1.54, 1.807) is 6.20 Å². The molecule has 2 aliphatic heterocycles. The van der Waals surface area contributed by atoms with Gasteiger partial charge in [-0.05, 0) is 37.5 Å². The van der Waals surface area contributed by atoms with Crippen molar-refractivity contribution in [2.75, 3.05) is 6.54 Å². The molecular formula is C16H20N6O2. The van der Waals surface area contributed by atoms with Crippen LogP contribution in [-0.4, -0.2) is 42.1 Å². The first kappa shape index (κ1) is 14.0. The third-order valence-electron chi connectivity index (χ3n) is 5.67. The van der Waals surface area contributed by atoms with Crippen LogP contribution in [-0.2, 0) is 13.0 Å². The molecule has 8 heteroatoms. The molecule has 0 radical (unpaired) electrons. The summed E-state index contributed by atoms with van der Waals surface area (Å²) in [4.78, 5) is 33.7. The summed E-state index contributed by atoms with van der Waals surface area (Å²) in [6, 6.07) is -0.142. The Kier molecular flexibility index (Phi) is 2.95. The zero-order valence-electron chi connectivity index (χ0n) is 13.4. The largest absolute Gasteiger partial charge is 0.340 e. The Labute approximate surface area is 138 Å². The fourth-order valence-corrected chi connectivity index (χ4v) is 4.41. The lowest BCUT2D eigenvalue weighted by Gasteiger charge is -2.26. The fourth-order valence-electron chi connectivity index (χ4n) is 4.41. The molecule has 24 heavy (non-hydrogen) atoms. The number of nitrogens with zero attached hydrogens (tertiary/aromatic N) is 4. The molecular weight excluding hydrogens is 308 g/mol. The number of carbonyl (C=O) groups is 1. The Morgan fingerprint density at radius 3 is 2.88 bits per heavy atom. The first-order valence-electron chi connectivity index (χ1n) is 8.72. The molecule has 1 amide bonds. The van der Waals surface area contributed by atoms with Crippen LogP contribution in [0.5, 0.6) is 0 Å². The number of hydrogen-bond acceptors (Lipinski definition) is 4. The lowest BCUT2D eigenvalue weighted by molar-refractivity contribution is 0.0694. The van der Waals surface area contributed by atoms with Gasteiger partial charge in [-0.3, -0.25) is 9.78 Å². The maximum absolute atomic E-state index is 13.2. The maximum Gasteiger partial charge on any atom is 0.340 e. The smallest absolute Gasteiger partial charge is 0.327 e. The third-order valence-corrected chi connectivity index (χ3v) is 5.67. The van der Waals surface area contributed by atoms with Gasteiger partial charge in [0.25, 0.3) is 5.91 Å². The van der Waals surface area contributed by atoms with Crippen molar-refractivity contribution in [2.45, 2.75) is 44.7 Å². The number of rotatable bonds is 3. The summed E-state index contributed by atoms with van der Waals surface area (Å²) in [7, 11) is 0. The number of likely N-dealkylation sites (tertiary alicyclic amines) is 1. The number of aromatic nitrogens is 5. The summed E-state index contributed by atoms with van der Waals surface area (Å²) in [6.07, 6.45) is 7.07. The number of carbonyl (C=O) groups excluding carboxylic acids is 1. The average molecular weight is 328 g/mol. The van der Waals surface area contributed by atoms with Crippen LogP contribution in [0.4, 0.5) is 0 Å². The van der Waals surface area contributed by atoms with Gasteiger partial charge >= 0.3 is 5.69 Å². The first-order valence-corrected chi connectivity index (χ1v) is 8.72. The standard InChI is InChI=1S/C16H20N6O2/c23-15(11-8-17-12-2-1-6-21(11)12)22-7-5-10(9-3-4-9)13(22)14-18-16(24)20-19-14/h8-10,13H,1-7H2,(H2,18,19,20,24). The van der Waals surface area contributed by atoms with Crippen molar-refractivity contribution in [3.8, 4) is 0 Å². The number of hydrogen-bond donors (Lipinski definition) is 2. The molecule has 126 valence electrons. The van der Waals surface area contributed by atoms with Gasteiger partial charge in [0.15, 0.2) is 5.82 Å². The van der Waals surface area contributed by atoms with Gasteiger partial charge in [-0.1, -0.05) is 0 Å². The molecule has 0 bridgehead atoms. The quantitative estimate of drug-likeness (QED) is 0.872. The molecule has 2 unspecified atom stereocenters. The van der Waals surface area contributed by atoms with E-state index >= 15 is 0 Å². The van der Waals surface area contributed by atoms with Crippen molar-refractivity contribution >= 4 is 5.91 Å². The van der Waals surface area contributed by atoms with Crippen LogP contribution in [0, 0.1) is 11.8 Å². The highest BCUT2D eigenvalue weighted by atomic mass is 16.2. The highest BCUT2D eigenvalue weighted by molar-refractivity contribution is 5.93. The van der Waals surface area contributed by atoms with Crippen LogP contribution in [0.3, 0.4) is 0 Å². The topological polar surface area (TPSA) is 99.7 Å². The molecule has 4 heterocycles. The first-order chi connectivity index (χ1) is 11.7. The summed E-state index contributed by atoms with van der Waals surface area (Å²) >= 11 is 0. The molecule has 5 rings (SSSR count). The highest BCUT2D eigenvalue weighted by Crippen LogP contribution is 2.49. The second kappa shape index (κ2) is 5.06. The molecule has 2 aromatic rings. The van der Waals surface area contributed by atoms with Crippen LogP contribution in [0.15, 0.2) is 11.0 Å². The Bertz CT molecular complexity index is 845.